The van der Waals surface area contributed by atoms with Gasteiger partial charge in [0.1, 0.15) is 0 Å². The summed E-state index contributed by atoms with van der Waals surface area (Å²) in [6, 6.07) is 7.59. The number of benzene rings is 1. The number of rotatable bonds is 4. The first kappa shape index (κ1) is 16.4. The second-order valence-electron chi connectivity index (χ2n) is 4.68. The van der Waals surface area contributed by atoms with Gasteiger partial charge in [-0.25, -0.2) is 0 Å². The van der Waals surface area contributed by atoms with Gasteiger partial charge in [0.25, 0.3) is 0 Å². The van der Waals surface area contributed by atoms with E-state index in [0.717, 1.165) is 29.7 Å². The molecule has 0 spiro atoms. The topological polar surface area (TPSA) is 58.4 Å². The van der Waals surface area contributed by atoms with E-state index in [2.05, 4.69) is 26.1 Å². The van der Waals surface area contributed by atoms with Gasteiger partial charge in [0.2, 0.25) is 5.91 Å². The lowest BCUT2D eigenvalue weighted by atomic mass is 10.1. The van der Waals surface area contributed by atoms with Crippen molar-refractivity contribution in [1.29, 1.82) is 0 Å². The van der Waals surface area contributed by atoms with Gasteiger partial charge >= 0.3 is 0 Å². The molecular weight excluding hydrogens is 330 g/mol. The minimum Gasteiger partial charge on any atom is -0.330 e. The van der Waals surface area contributed by atoms with E-state index in [1.54, 1.807) is 0 Å². The number of amides is 1. The van der Waals surface area contributed by atoms with Crippen LogP contribution in [0.15, 0.2) is 28.7 Å². The third kappa shape index (κ3) is 5.10. The van der Waals surface area contributed by atoms with E-state index in [0.29, 0.717) is 19.0 Å². The lowest BCUT2D eigenvalue weighted by Crippen LogP contribution is -2.32. The van der Waals surface area contributed by atoms with Crippen LogP contribution in [-0.2, 0) is 4.79 Å². The normalized spacial score (nSPS) is 18.9. The Morgan fingerprint density at radius 2 is 2.11 bits per heavy atom. The van der Waals surface area contributed by atoms with Gasteiger partial charge in [-0.1, -0.05) is 15.9 Å². The Hall–Kier alpha value is -0.620. The first-order valence-electron chi connectivity index (χ1n) is 6.15. The summed E-state index contributed by atoms with van der Waals surface area (Å²) < 4.78 is 1.01. The van der Waals surface area contributed by atoms with E-state index in [1.807, 2.05) is 24.3 Å². The van der Waals surface area contributed by atoms with Crippen molar-refractivity contribution in [3.05, 3.63) is 28.7 Å². The van der Waals surface area contributed by atoms with Crippen molar-refractivity contribution >= 4 is 39.9 Å². The molecule has 1 aromatic carbocycles. The molecule has 6 heteroatoms. The van der Waals surface area contributed by atoms with Gasteiger partial charge in [-0.3, -0.25) is 9.69 Å². The van der Waals surface area contributed by atoms with Crippen molar-refractivity contribution in [1.82, 2.24) is 4.90 Å². The minimum atomic E-state index is 0. The van der Waals surface area contributed by atoms with E-state index in [1.165, 1.54) is 0 Å². The van der Waals surface area contributed by atoms with Crippen LogP contribution in [-0.4, -0.2) is 37.0 Å². The maximum atomic E-state index is 11.9. The number of anilines is 1. The maximum absolute atomic E-state index is 11.9. The number of nitrogens with zero attached hydrogens (tertiary/aromatic N) is 1. The predicted octanol–water partition coefficient (Wildman–Crippen LogP) is 2.09. The van der Waals surface area contributed by atoms with Crippen LogP contribution in [0, 0.1) is 5.92 Å². The fourth-order valence-corrected chi connectivity index (χ4v) is 2.45. The third-order valence-corrected chi connectivity index (χ3v) is 3.73. The third-order valence-electron chi connectivity index (χ3n) is 3.20. The zero-order chi connectivity index (χ0) is 13.0. The van der Waals surface area contributed by atoms with Gasteiger partial charge in [-0.15, -0.1) is 12.4 Å². The van der Waals surface area contributed by atoms with Gasteiger partial charge < -0.3 is 11.1 Å². The molecular formula is C13H19BrClN3O. The number of nitrogens with one attached hydrogen (secondary N) is 1. The molecule has 1 aromatic rings. The highest BCUT2D eigenvalue weighted by Crippen LogP contribution is 2.16. The summed E-state index contributed by atoms with van der Waals surface area (Å²) in [5.41, 5.74) is 6.46. The van der Waals surface area contributed by atoms with Gasteiger partial charge in [0.15, 0.2) is 0 Å². The summed E-state index contributed by atoms with van der Waals surface area (Å²) >= 11 is 3.36. The van der Waals surface area contributed by atoms with Crippen molar-refractivity contribution in [2.24, 2.45) is 11.7 Å². The van der Waals surface area contributed by atoms with Gasteiger partial charge in [0, 0.05) is 16.7 Å². The molecule has 1 saturated heterocycles. The van der Waals surface area contributed by atoms with Crippen molar-refractivity contribution in [2.75, 3.05) is 31.5 Å². The quantitative estimate of drug-likeness (QED) is 0.876. The molecule has 0 bridgehead atoms. The summed E-state index contributed by atoms with van der Waals surface area (Å²) in [5.74, 6) is 0.584. The summed E-state index contributed by atoms with van der Waals surface area (Å²) in [4.78, 5) is 14.0. The molecule has 19 heavy (non-hydrogen) atoms. The maximum Gasteiger partial charge on any atom is 0.238 e. The van der Waals surface area contributed by atoms with Crippen molar-refractivity contribution < 1.29 is 4.79 Å². The van der Waals surface area contributed by atoms with E-state index in [9.17, 15) is 4.79 Å². The molecule has 1 fully saturated rings. The van der Waals surface area contributed by atoms with Crippen LogP contribution in [0.4, 0.5) is 5.69 Å². The van der Waals surface area contributed by atoms with Crippen molar-refractivity contribution in [2.45, 2.75) is 6.42 Å². The summed E-state index contributed by atoms with van der Waals surface area (Å²) in [7, 11) is 0. The van der Waals surface area contributed by atoms with Crippen LogP contribution in [0.1, 0.15) is 6.42 Å². The number of carbonyl (C=O) groups excluding carboxylic acids is 1. The molecule has 1 heterocycles. The lowest BCUT2D eigenvalue weighted by Gasteiger charge is -2.15. The van der Waals surface area contributed by atoms with E-state index in [4.69, 9.17) is 5.73 Å². The zero-order valence-electron chi connectivity index (χ0n) is 10.6. The second-order valence-corrected chi connectivity index (χ2v) is 5.60. The molecule has 1 atom stereocenters. The van der Waals surface area contributed by atoms with Crippen LogP contribution in [0.2, 0.25) is 0 Å². The molecule has 0 aromatic heterocycles. The molecule has 106 valence electrons. The Labute approximate surface area is 128 Å². The Kier molecular flexibility index (Phi) is 6.79. The van der Waals surface area contributed by atoms with Crippen LogP contribution in [0.5, 0.6) is 0 Å². The molecule has 1 aliphatic heterocycles. The number of hydrogen-bond donors (Lipinski definition) is 2. The van der Waals surface area contributed by atoms with E-state index < -0.39 is 0 Å². The SMILES string of the molecule is Cl.NCC1CCN(CC(=O)Nc2ccc(Br)cc2)C1. The second kappa shape index (κ2) is 7.85. The number of nitrogens with two attached hydrogens (primary N) is 1. The molecule has 1 unspecified atom stereocenters. The molecule has 0 saturated carbocycles. The number of carbonyl (C=O) groups is 1. The highest BCUT2D eigenvalue weighted by atomic mass is 79.9. The van der Waals surface area contributed by atoms with Crippen LogP contribution >= 0.6 is 28.3 Å². The minimum absolute atomic E-state index is 0. The smallest absolute Gasteiger partial charge is 0.238 e. The summed E-state index contributed by atoms with van der Waals surface area (Å²) in [5, 5.41) is 2.90. The zero-order valence-corrected chi connectivity index (χ0v) is 13.0. The van der Waals surface area contributed by atoms with Gasteiger partial charge in [0.05, 0.1) is 6.54 Å². The predicted molar refractivity (Wildman–Crippen MR) is 83.6 cm³/mol. The Morgan fingerprint density at radius 1 is 1.42 bits per heavy atom. The molecule has 2 rings (SSSR count). The first-order valence-corrected chi connectivity index (χ1v) is 6.94. The number of hydrogen-bond acceptors (Lipinski definition) is 3. The van der Waals surface area contributed by atoms with Crippen LogP contribution < -0.4 is 11.1 Å². The van der Waals surface area contributed by atoms with Crippen molar-refractivity contribution in [3.63, 3.8) is 0 Å². The molecule has 0 aliphatic carbocycles. The standard InChI is InChI=1S/C13H18BrN3O.ClH/c14-11-1-3-12(4-2-11)16-13(18)9-17-6-5-10(7-15)8-17;/h1-4,10H,5-9,15H2,(H,16,18);1H. The number of likely N-dealkylation sites (tertiary alicyclic amines) is 1. The number of halogens is 2. The fourth-order valence-electron chi connectivity index (χ4n) is 2.19. The largest absolute Gasteiger partial charge is 0.330 e. The Bertz CT molecular complexity index is 413. The molecule has 1 amide bonds. The van der Waals surface area contributed by atoms with Crippen LogP contribution in [0.3, 0.4) is 0 Å². The van der Waals surface area contributed by atoms with E-state index >= 15 is 0 Å². The average Bonchev–Trinajstić information content (AvgIpc) is 2.79. The molecule has 1 aliphatic rings. The summed E-state index contributed by atoms with van der Waals surface area (Å²) in [6.07, 6.45) is 1.10. The first-order chi connectivity index (χ1) is 8.67. The lowest BCUT2D eigenvalue weighted by molar-refractivity contribution is -0.117. The molecule has 4 nitrogen and oxygen atoms in total. The van der Waals surface area contributed by atoms with E-state index in [-0.39, 0.29) is 18.3 Å². The monoisotopic (exact) mass is 347 g/mol. The Balaban J connectivity index is 0.00000180. The summed E-state index contributed by atoms with van der Waals surface area (Å²) in [6.45, 7) is 3.07. The Morgan fingerprint density at radius 3 is 2.68 bits per heavy atom. The molecule has 0 radical (unpaired) electrons. The van der Waals surface area contributed by atoms with Gasteiger partial charge in [-0.2, -0.15) is 0 Å². The highest BCUT2D eigenvalue weighted by Gasteiger charge is 2.22. The fraction of sp³-hybridized carbons (Fsp3) is 0.462. The molecule has 3 N–H and O–H groups in total. The van der Waals surface area contributed by atoms with Crippen LogP contribution in [0.25, 0.3) is 0 Å². The highest BCUT2D eigenvalue weighted by molar-refractivity contribution is 9.10. The average molecular weight is 349 g/mol. The van der Waals surface area contributed by atoms with Gasteiger partial charge in [-0.05, 0) is 49.7 Å². The van der Waals surface area contributed by atoms with Crippen molar-refractivity contribution in [3.8, 4) is 0 Å².